The van der Waals surface area contributed by atoms with Gasteiger partial charge in [0.15, 0.2) is 0 Å². The van der Waals surface area contributed by atoms with E-state index in [9.17, 15) is 14.4 Å². The van der Waals surface area contributed by atoms with Crippen LogP contribution in [0.25, 0.3) is 11.3 Å². The van der Waals surface area contributed by atoms with Crippen molar-refractivity contribution in [3.63, 3.8) is 0 Å². The lowest BCUT2D eigenvalue weighted by Gasteiger charge is -2.18. The van der Waals surface area contributed by atoms with E-state index in [0.29, 0.717) is 33.8 Å². The van der Waals surface area contributed by atoms with Crippen molar-refractivity contribution in [1.29, 1.82) is 0 Å². The summed E-state index contributed by atoms with van der Waals surface area (Å²) in [6.45, 7) is 1.93. The molecule has 35 heavy (non-hydrogen) atoms. The van der Waals surface area contributed by atoms with Gasteiger partial charge in [0.2, 0.25) is 5.91 Å². The Morgan fingerprint density at radius 1 is 1.00 bits per heavy atom. The van der Waals surface area contributed by atoms with Crippen LogP contribution in [0.1, 0.15) is 28.4 Å². The van der Waals surface area contributed by atoms with Crippen molar-refractivity contribution in [3.05, 3.63) is 89.5 Å². The number of fused-ring (bicyclic) bond motifs is 1. The van der Waals surface area contributed by atoms with Gasteiger partial charge >= 0.3 is 5.97 Å². The Morgan fingerprint density at radius 2 is 1.71 bits per heavy atom. The second-order valence-electron chi connectivity index (χ2n) is 7.88. The number of carbonyl (C=O) groups is 3. The van der Waals surface area contributed by atoms with Crippen LogP contribution in [0, 0.1) is 0 Å². The summed E-state index contributed by atoms with van der Waals surface area (Å²) < 4.78 is 5.08. The van der Waals surface area contributed by atoms with E-state index in [2.05, 4.69) is 10.6 Å². The van der Waals surface area contributed by atoms with Crippen molar-refractivity contribution in [2.75, 3.05) is 35.7 Å². The van der Waals surface area contributed by atoms with Crippen LogP contribution in [0.2, 0.25) is 0 Å². The first-order valence-corrected chi connectivity index (χ1v) is 11.2. The summed E-state index contributed by atoms with van der Waals surface area (Å²) in [5.41, 5.74) is 10.4. The van der Waals surface area contributed by atoms with Crippen molar-refractivity contribution < 1.29 is 19.1 Å². The molecule has 1 heterocycles. The molecule has 4 N–H and O–H groups in total. The van der Waals surface area contributed by atoms with Crippen LogP contribution in [-0.2, 0) is 14.3 Å². The zero-order valence-corrected chi connectivity index (χ0v) is 19.5. The maximum atomic E-state index is 13.1. The molecular formula is C27H26N4O4. The molecule has 0 saturated carbocycles. The van der Waals surface area contributed by atoms with E-state index in [0.717, 1.165) is 11.3 Å². The van der Waals surface area contributed by atoms with Gasteiger partial charge in [-0.1, -0.05) is 36.4 Å². The second-order valence-corrected chi connectivity index (χ2v) is 7.88. The van der Waals surface area contributed by atoms with Gasteiger partial charge in [-0.15, -0.1) is 0 Å². The smallest absolute Gasteiger partial charge is 0.338 e. The lowest BCUT2D eigenvalue weighted by molar-refractivity contribution is -0.117. The number of hydrogen-bond acceptors (Lipinski definition) is 6. The van der Waals surface area contributed by atoms with Crippen molar-refractivity contribution in [2.45, 2.75) is 6.92 Å². The topological polar surface area (TPSA) is 114 Å². The van der Waals surface area contributed by atoms with Crippen LogP contribution in [0.15, 0.2) is 72.8 Å². The standard InChI is InChI=1S/C27H26N4O4/c1-3-35-27(34)18-9-14-21-22(15-18)30-26(33)24(21)25(17-7-5-4-6-8-17)29-19-10-12-20(13-11-19)31(2)23(32)16-28/h4-15,29H,3,16,28H2,1-2H3,(H,30,33). The minimum Gasteiger partial charge on any atom is -0.462 e. The number of hydrogen-bond donors (Lipinski definition) is 3. The second kappa shape index (κ2) is 10.2. The quantitative estimate of drug-likeness (QED) is 0.358. The highest BCUT2D eigenvalue weighted by Crippen LogP contribution is 2.38. The first kappa shape index (κ1) is 23.7. The predicted octanol–water partition coefficient (Wildman–Crippen LogP) is 3.72. The summed E-state index contributed by atoms with van der Waals surface area (Å²) in [6.07, 6.45) is 0. The van der Waals surface area contributed by atoms with Gasteiger partial charge in [0.1, 0.15) is 0 Å². The molecule has 4 rings (SSSR count). The first-order chi connectivity index (χ1) is 16.9. The number of nitrogens with two attached hydrogens (primary N) is 1. The maximum Gasteiger partial charge on any atom is 0.338 e. The zero-order chi connectivity index (χ0) is 24.9. The van der Waals surface area contributed by atoms with Crippen LogP contribution in [-0.4, -0.2) is 38.0 Å². The fraction of sp³-hybridized carbons (Fsp3) is 0.148. The first-order valence-electron chi connectivity index (χ1n) is 11.2. The summed E-state index contributed by atoms with van der Waals surface area (Å²) in [7, 11) is 1.67. The molecule has 0 spiro atoms. The Balaban J connectivity index is 1.75. The maximum absolute atomic E-state index is 13.1. The summed E-state index contributed by atoms with van der Waals surface area (Å²) in [5.74, 6) is -0.918. The molecule has 3 aromatic rings. The molecule has 0 saturated heterocycles. The summed E-state index contributed by atoms with van der Waals surface area (Å²) in [4.78, 5) is 38.6. The van der Waals surface area contributed by atoms with Crippen molar-refractivity contribution >= 4 is 46.1 Å². The van der Waals surface area contributed by atoms with Gasteiger partial charge in [-0.2, -0.15) is 0 Å². The number of anilines is 3. The Morgan fingerprint density at radius 3 is 2.37 bits per heavy atom. The number of rotatable bonds is 7. The normalized spacial score (nSPS) is 13.5. The number of esters is 1. The summed E-state index contributed by atoms with van der Waals surface area (Å²) >= 11 is 0. The van der Waals surface area contributed by atoms with E-state index < -0.39 is 5.97 Å². The molecule has 178 valence electrons. The molecule has 0 aliphatic carbocycles. The van der Waals surface area contributed by atoms with E-state index in [1.807, 2.05) is 42.5 Å². The van der Waals surface area contributed by atoms with Crippen LogP contribution in [0.4, 0.5) is 17.1 Å². The minimum absolute atomic E-state index is 0.0762. The summed E-state index contributed by atoms with van der Waals surface area (Å²) in [6, 6.07) is 21.8. The summed E-state index contributed by atoms with van der Waals surface area (Å²) in [5, 5.41) is 6.24. The highest BCUT2D eigenvalue weighted by molar-refractivity contribution is 6.37. The van der Waals surface area contributed by atoms with E-state index in [1.54, 1.807) is 44.3 Å². The highest BCUT2D eigenvalue weighted by Gasteiger charge is 2.29. The number of benzene rings is 3. The Bertz CT molecular complexity index is 1300. The van der Waals surface area contributed by atoms with Crippen molar-refractivity contribution in [2.24, 2.45) is 5.73 Å². The fourth-order valence-electron chi connectivity index (χ4n) is 3.84. The fourth-order valence-corrected chi connectivity index (χ4v) is 3.84. The molecule has 0 bridgehead atoms. The van der Waals surface area contributed by atoms with Gasteiger partial charge < -0.3 is 26.0 Å². The molecule has 0 unspecified atom stereocenters. The van der Waals surface area contributed by atoms with E-state index >= 15 is 0 Å². The lowest BCUT2D eigenvalue weighted by atomic mass is 9.99. The van der Waals surface area contributed by atoms with Crippen LogP contribution in [0.5, 0.6) is 0 Å². The van der Waals surface area contributed by atoms with Crippen LogP contribution >= 0.6 is 0 Å². The molecule has 0 fully saturated rings. The molecule has 0 radical (unpaired) electrons. The van der Waals surface area contributed by atoms with Gasteiger partial charge in [-0.05, 0) is 48.9 Å². The van der Waals surface area contributed by atoms with E-state index in [4.69, 9.17) is 10.5 Å². The average Bonchev–Trinajstić information content (AvgIpc) is 3.22. The molecule has 1 aliphatic heterocycles. The minimum atomic E-state index is -0.443. The molecule has 8 heteroatoms. The number of likely N-dealkylation sites (N-methyl/N-ethyl adjacent to an activating group) is 1. The number of carbonyl (C=O) groups excluding carboxylic acids is 3. The van der Waals surface area contributed by atoms with E-state index in [-0.39, 0.29) is 25.0 Å². The number of nitrogens with zero attached hydrogens (tertiary/aromatic N) is 1. The lowest BCUT2D eigenvalue weighted by Crippen LogP contribution is -2.32. The van der Waals surface area contributed by atoms with Crippen molar-refractivity contribution in [3.8, 4) is 0 Å². The van der Waals surface area contributed by atoms with Crippen LogP contribution in [0.3, 0.4) is 0 Å². The molecule has 2 amide bonds. The molecule has 8 nitrogen and oxygen atoms in total. The monoisotopic (exact) mass is 470 g/mol. The van der Waals surface area contributed by atoms with Gasteiger partial charge in [-0.25, -0.2) is 4.79 Å². The van der Waals surface area contributed by atoms with Gasteiger partial charge in [0, 0.05) is 24.0 Å². The Hall–Kier alpha value is -4.43. The SMILES string of the molecule is CCOC(=O)c1ccc2c(c1)NC(=O)C2=C(Nc1ccc(N(C)C(=O)CN)cc1)c1ccccc1. The van der Waals surface area contributed by atoms with Gasteiger partial charge in [0.05, 0.1) is 35.7 Å². The molecule has 0 aromatic heterocycles. The Kier molecular flexibility index (Phi) is 6.93. The highest BCUT2D eigenvalue weighted by atomic mass is 16.5. The average molecular weight is 471 g/mol. The molecular weight excluding hydrogens is 444 g/mol. The third-order valence-corrected chi connectivity index (χ3v) is 5.66. The number of nitrogens with one attached hydrogen (secondary N) is 2. The number of ether oxygens (including phenoxy) is 1. The van der Waals surface area contributed by atoms with Gasteiger partial charge in [0.25, 0.3) is 5.91 Å². The Labute approximate surface area is 203 Å². The molecule has 1 aliphatic rings. The third-order valence-electron chi connectivity index (χ3n) is 5.66. The molecule has 0 atom stereocenters. The largest absolute Gasteiger partial charge is 0.462 e. The molecule has 3 aromatic carbocycles. The number of amides is 2. The van der Waals surface area contributed by atoms with Crippen molar-refractivity contribution in [1.82, 2.24) is 0 Å². The third kappa shape index (κ3) is 4.92. The predicted molar refractivity (Wildman–Crippen MR) is 137 cm³/mol. The van der Waals surface area contributed by atoms with Gasteiger partial charge in [-0.3, -0.25) is 9.59 Å². The van der Waals surface area contributed by atoms with E-state index in [1.165, 1.54) is 4.90 Å². The van der Waals surface area contributed by atoms with Crippen LogP contribution < -0.4 is 21.3 Å². The zero-order valence-electron chi connectivity index (χ0n) is 19.5.